The summed E-state index contributed by atoms with van der Waals surface area (Å²) in [6, 6.07) is 0. The molecule has 0 rings (SSSR count). The highest BCUT2D eigenvalue weighted by atomic mass is 19.3. The fourth-order valence-corrected chi connectivity index (χ4v) is 3.14. The Morgan fingerprint density at radius 2 is 0.906 bits per heavy atom. The molecule has 53 heavy (non-hydrogen) atoms. The molecule has 0 aromatic rings. The van der Waals surface area contributed by atoms with E-state index in [9.17, 15) is 54.3 Å². The Morgan fingerprint density at radius 3 is 1.42 bits per heavy atom. The first kappa shape index (κ1) is 48.8. The molecule has 0 aliphatic heterocycles. The van der Waals surface area contributed by atoms with E-state index < -0.39 is 131 Å². The van der Waals surface area contributed by atoms with Crippen LogP contribution in [0.15, 0.2) is 50.6 Å². The molecule has 0 amide bonds. The Morgan fingerprint density at radius 1 is 0.472 bits per heavy atom. The van der Waals surface area contributed by atoms with Crippen molar-refractivity contribution in [3.05, 3.63) is 50.6 Å². The lowest BCUT2D eigenvalue weighted by atomic mass is 9.86. The molecule has 1 atom stereocenters. The number of alkyl halides is 12. The van der Waals surface area contributed by atoms with Crippen molar-refractivity contribution < 1.29 is 110 Å². The van der Waals surface area contributed by atoms with E-state index in [1.165, 1.54) is 0 Å². The SMILES string of the molecule is C=CC(=O)OCCCOCC(COCC(F)(F)COC(=O)C=C)(C(F)(F)OC(F)(F)CCOC(=O)C=C)C(F)(F)OC(F)(F)C(F)(F)COC(=O)C=C. The molecule has 24 heteroatoms. The maximum atomic E-state index is 15.8. The third kappa shape index (κ3) is 15.8. The second-order valence-corrected chi connectivity index (χ2v) is 10.1. The van der Waals surface area contributed by atoms with Crippen molar-refractivity contribution in [3.8, 4) is 0 Å². The van der Waals surface area contributed by atoms with Crippen molar-refractivity contribution in [2.45, 2.75) is 49.1 Å². The molecule has 0 saturated heterocycles. The molecule has 0 aliphatic carbocycles. The van der Waals surface area contributed by atoms with Gasteiger partial charge in [0, 0.05) is 37.3 Å². The lowest BCUT2D eigenvalue weighted by Gasteiger charge is -2.45. The molecule has 0 aliphatic rings. The molecule has 0 heterocycles. The van der Waals surface area contributed by atoms with E-state index in [2.05, 4.69) is 64.2 Å². The van der Waals surface area contributed by atoms with E-state index in [1.807, 2.05) is 0 Å². The van der Waals surface area contributed by atoms with Gasteiger partial charge in [0.25, 0.3) is 0 Å². The van der Waals surface area contributed by atoms with Crippen LogP contribution in [-0.4, -0.2) is 113 Å². The molecule has 0 spiro atoms. The summed E-state index contributed by atoms with van der Waals surface area (Å²) in [4.78, 5) is 44.5. The summed E-state index contributed by atoms with van der Waals surface area (Å²) in [5.74, 6) is -16.3. The van der Waals surface area contributed by atoms with Crippen LogP contribution in [0.5, 0.6) is 0 Å². The van der Waals surface area contributed by atoms with Crippen molar-refractivity contribution in [2.24, 2.45) is 5.41 Å². The molecular weight excluding hydrogens is 768 g/mol. The number of hydrogen-bond acceptors (Lipinski definition) is 12. The third-order valence-corrected chi connectivity index (χ3v) is 5.89. The maximum absolute atomic E-state index is 15.8. The van der Waals surface area contributed by atoms with Gasteiger partial charge in [-0.15, -0.1) is 0 Å². The van der Waals surface area contributed by atoms with E-state index in [0.29, 0.717) is 18.2 Å². The molecule has 0 N–H and O–H groups in total. The van der Waals surface area contributed by atoms with Gasteiger partial charge in [0.1, 0.15) is 6.61 Å². The van der Waals surface area contributed by atoms with Crippen molar-refractivity contribution in [2.75, 3.05) is 52.9 Å². The summed E-state index contributed by atoms with van der Waals surface area (Å²) in [5.41, 5.74) is -5.38. The molecule has 0 saturated carbocycles. The Labute approximate surface area is 292 Å². The van der Waals surface area contributed by atoms with E-state index in [-0.39, 0.29) is 6.08 Å². The minimum atomic E-state index is -6.66. The quantitative estimate of drug-likeness (QED) is 0.0330. The zero-order valence-corrected chi connectivity index (χ0v) is 27.1. The molecule has 12 nitrogen and oxygen atoms in total. The molecule has 0 bridgehead atoms. The highest BCUT2D eigenvalue weighted by molar-refractivity contribution is 5.82. The number of esters is 4. The van der Waals surface area contributed by atoms with Crippen molar-refractivity contribution in [1.29, 1.82) is 0 Å². The standard InChI is InChI=1S/C29H32F12O12/c1-5-19(42)48-12-9-11-46-14-23(15-47-16-24(30,31)17-50-21(44)7-3,27(36,37)52-26(34,35)10-13-49-20(43)6-2)28(38,39)53-29(40,41)25(32,33)18-51-22(45)8-4/h5-8H,1-4,9-18H2. The first-order valence-corrected chi connectivity index (χ1v) is 14.2. The molecule has 0 radical (unpaired) electrons. The highest BCUT2D eigenvalue weighted by Crippen LogP contribution is 2.55. The Bertz CT molecular complexity index is 1290. The molecule has 0 fully saturated rings. The maximum Gasteiger partial charge on any atom is 0.427 e. The zero-order valence-electron chi connectivity index (χ0n) is 27.1. The van der Waals surface area contributed by atoms with E-state index in [4.69, 9.17) is 0 Å². The van der Waals surface area contributed by atoms with Gasteiger partial charge >= 0.3 is 60.2 Å². The Kier molecular flexibility index (Phi) is 18.7. The highest BCUT2D eigenvalue weighted by Gasteiger charge is 2.77. The average Bonchev–Trinajstić information content (AvgIpc) is 3.04. The van der Waals surface area contributed by atoms with Gasteiger partial charge in [-0.25, -0.2) is 32.7 Å². The van der Waals surface area contributed by atoms with Crippen LogP contribution in [0.3, 0.4) is 0 Å². The molecule has 304 valence electrons. The van der Waals surface area contributed by atoms with Crippen molar-refractivity contribution >= 4 is 23.9 Å². The molecule has 1 unspecified atom stereocenters. The van der Waals surface area contributed by atoms with Crippen LogP contribution < -0.4 is 0 Å². The monoisotopic (exact) mass is 800 g/mol. The van der Waals surface area contributed by atoms with E-state index in [1.54, 1.807) is 0 Å². The number of rotatable bonds is 28. The van der Waals surface area contributed by atoms with Gasteiger partial charge in [0.15, 0.2) is 18.6 Å². The second-order valence-electron chi connectivity index (χ2n) is 10.1. The van der Waals surface area contributed by atoms with Gasteiger partial charge < -0.3 is 28.4 Å². The summed E-state index contributed by atoms with van der Waals surface area (Å²) in [5, 5.41) is 0. The smallest absolute Gasteiger partial charge is 0.427 e. The van der Waals surface area contributed by atoms with Crippen LogP contribution >= 0.6 is 0 Å². The topological polar surface area (TPSA) is 142 Å². The van der Waals surface area contributed by atoms with Crippen molar-refractivity contribution in [1.82, 2.24) is 0 Å². The van der Waals surface area contributed by atoms with Gasteiger partial charge in [-0.3, -0.25) is 4.74 Å². The fraction of sp³-hybridized carbons (Fsp3) is 0.586. The number of halogens is 12. The second kappa shape index (κ2) is 20.3. The van der Waals surface area contributed by atoms with Crippen LogP contribution in [0.25, 0.3) is 0 Å². The van der Waals surface area contributed by atoms with Gasteiger partial charge in [-0.1, -0.05) is 26.3 Å². The summed E-state index contributed by atoms with van der Waals surface area (Å²) in [7, 11) is 0. The van der Waals surface area contributed by atoms with Gasteiger partial charge in [0.2, 0.25) is 0 Å². The van der Waals surface area contributed by atoms with E-state index in [0.717, 1.165) is 0 Å². The van der Waals surface area contributed by atoms with E-state index >= 15 is 17.6 Å². The predicted octanol–water partition coefficient (Wildman–Crippen LogP) is 5.38. The van der Waals surface area contributed by atoms with Gasteiger partial charge in [-0.05, 0) is 0 Å². The first-order chi connectivity index (χ1) is 24.2. The fourth-order valence-electron chi connectivity index (χ4n) is 3.14. The lowest BCUT2D eigenvalue weighted by molar-refractivity contribution is -0.512. The predicted molar refractivity (Wildman–Crippen MR) is 150 cm³/mol. The number of carbonyl (C=O) groups excluding carboxylic acids is 4. The average molecular weight is 801 g/mol. The number of ether oxygens (including phenoxy) is 8. The van der Waals surface area contributed by atoms with Crippen LogP contribution in [0.4, 0.5) is 52.7 Å². The van der Waals surface area contributed by atoms with Crippen LogP contribution in [0.2, 0.25) is 0 Å². The number of carbonyl (C=O) groups is 4. The largest absolute Gasteiger partial charge is 0.462 e. The van der Waals surface area contributed by atoms with Gasteiger partial charge in [-0.2, -0.15) is 43.9 Å². The first-order valence-electron chi connectivity index (χ1n) is 14.2. The minimum Gasteiger partial charge on any atom is -0.462 e. The van der Waals surface area contributed by atoms with Crippen LogP contribution in [0, 0.1) is 5.41 Å². The summed E-state index contributed by atoms with van der Waals surface area (Å²) < 4.78 is 210. The molecular formula is C29H32F12O12. The third-order valence-electron chi connectivity index (χ3n) is 5.89. The normalized spacial score (nSPS) is 14.0. The summed E-state index contributed by atoms with van der Waals surface area (Å²) in [6.07, 6.45) is -26.2. The zero-order chi connectivity index (χ0) is 41.4. The van der Waals surface area contributed by atoms with Crippen molar-refractivity contribution in [3.63, 3.8) is 0 Å². The lowest BCUT2D eigenvalue weighted by Crippen LogP contribution is -2.66. The van der Waals surface area contributed by atoms with Crippen LogP contribution in [0.1, 0.15) is 12.8 Å². The Hall–Kier alpha value is -4.16. The van der Waals surface area contributed by atoms with Crippen LogP contribution in [-0.2, 0) is 57.1 Å². The molecule has 0 aromatic carbocycles. The number of hydrogen-bond donors (Lipinski definition) is 0. The Balaban J connectivity index is 7.08. The van der Waals surface area contributed by atoms with Gasteiger partial charge in [0.05, 0.1) is 32.8 Å². The molecule has 0 aromatic heterocycles. The summed E-state index contributed by atoms with van der Waals surface area (Å²) in [6.45, 7) is -4.20. The summed E-state index contributed by atoms with van der Waals surface area (Å²) >= 11 is 0. The minimum absolute atomic E-state index is 0.159.